The molecule has 16 heteroatoms. The molecule has 67 heavy (non-hydrogen) atoms. The minimum Gasteiger partial charge on any atom is -0.494 e. The molecule has 0 aliphatic heterocycles. The number of anilines is 3. The zero-order chi connectivity index (χ0) is 46.7. The second kappa shape index (κ2) is 22.4. The van der Waals surface area contributed by atoms with Crippen molar-refractivity contribution in [2.24, 2.45) is 11.8 Å². The molecule has 3 aromatic heterocycles. The number of ether oxygens (including phenoxy) is 2. The van der Waals surface area contributed by atoms with Crippen LogP contribution in [0, 0.1) is 11.8 Å². The Morgan fingerprint density at radius 3 is 2.30 bits per heavy atom. The van der Waals surface area contributed by atoms with Crippen LogP contribution in [0.15, 0.2) is 114 Å². The van der Waals surface area contributed by atoms with Crippen LogP contribution in [0.5, 0.6) is 17.2 Å². The Labute approximate surface area is 395 Å². The minimum absolute atomic E-state index is 0.00991. The topological polar surface area (TPSA) is 131 Å². The summed E-state index contributed by atoms with van der Waals surface area (Å²) in [4.78, 5) is 40.1. The van der Waals surface area contributed by atoms with Crippen LogP contribution >= 0.6 is 11.6 Å². The van der Waals surface area contributed by atoms with E-state index in [1.165, 1.54) is 31.1 Å². The summed E-state index contributed by atoms with van der Waals surface area (Å²) >= 11 is 5.92. The van der Waals surface area contributed by atoms with Crippen LogP contribution in [-0.2, 0) is 11.3 Å². The Bertz CT molecular complexity index is 2530. The molecule has 2 amide bonds. The van der Waals surface area contributed by atoms with Gasteiger partial charge in [0.1, 0.15) is 35.2 Å². The van der Waals surface area contributed by atoms with Crippen molar-refractivity contribution in [3.05, 3.63) is 127 Å². The van der Waals surface area contributed by atoms with Crippen LogP contribution < -0.4 is 24.6 Å². The number of nitrogens with one attached hydrogen (secondary N) is 1. The highest BCUT2D eigenvalue weighted by Crippen LogP contribution is 2.37. The van der Waals surface area contributed by atoms with Gasteiger partial charge in [-0.3, -0.25) is 14.3 Å². The molecule has 0 atom stereocenters. The highest BCUT2D eigenvalue weighted by Gasteiger charge is 2.30. The van der Waals surface area contributed by atoms with Gasteiger partial charge in [-0.15, -0.1) is 11.6 Å². The smallest absolute Gasteiger partial charge is 0.284 e. The molecule has 2 fully saturated rings. The first-order valence-electron chi connectivity index (χ1n) is 23.0. The van der Waals surface area contributed by atoms with Gasteiger partial charge < -0.3 is 33.9 Å². The Balaban J connectivity index is 0.740. The van der Waals surface area contributed by atoms with Gasteiger partial charge in [0.15, 0.2) is 11.4 Å². The summed E-state index contributed by atoms with van der Waals surface area (Å²) in [6, 6.07) is 28.2. The van der Waals surface area contributed by atoms with Gasteiger partial charge in [-0.1, -0.05) is 30.3 Å². The van der Waals surface area contributed by atoms with Gasteiger partial charge in [-0.05, 0) is 143 Å². The van der Waals surface area contributed by atoms with Gasteiger partial charge in [-0.2, -0.15) is 5.10 Å². The fourth-order valence-corrected chi connectivity index (χ4v) is 8.55. The standard InChI is InChI=1S/C51H57ClF2N8O5/c1-59(26-6-7-27-65-41-20-22-43(23-21-41)67-42-18-16-39(17-19-42)61(47(63)29-52)32-36-8-4-3-5-9-36)31-37-12-14-40(15-13-37)62-33-45(48(58-62)49(53)54)60(2)51(64)44-34-66-50(57-44)38-24-25-55-46(28-38)56-30-35-10-11-35/h3-5,8-9,16-25,28,33-35,37,40,49H,6-7,10-15,26-27,29-32H2,1-2H3,(H,55,56)/t37-,40-. The number of nitrogens with zero attached hydrogens (tertiary/aromatic N) is 7. The average Bonchev–Trinajstić information content (AvgIpc) is 3.85. The van der Waals surface area contributed by atoms with E-state index in [1.54, 1.807) is 28.0 Å². The average molecular weight is 936 g/mol. The van der Waals surface area contributed by atoms with E-state index in [0.29, 0.717) is 47.9 Å². The van der Waals surface area contributed by atoms with E-state index in [9.17, 15) is 18.4 Å². The second-order valence-electron chi connectivity index (χ2n) is 17.5. The number of carbonyl (C=O) groups excluding carboxylic acids is 2. The molecule has 2 aliphatic carbocycles. The Morgan fingerprint density at radius 1 is 0.896 bits per heavy atom. The van der Waals surface area contributed by atoms with Crippen molar-refractivity contribution in [3.8, 4) is 28.7 Å². The molecule has 3 aromatic carbocycles. The summed E-state index contributed by atoms with van der Waals surface area (Å²) in [7, 11) is 3.60. The summed E-state index contributed by atoms with van der Waals surface area (Å²) in [5, 5.41) is 7.63. The van der Waals surface area contributed by atoms with Crippen LogP contribution in [0.25, 0.3) is 11.5 Å². The second-order valence-corrected chi connectivity index (χ2v) is 17.8. The fraction of sp³-hybridized carbons (Fsp3) is 0.392. The van der Waals surface area contributed by atoms with Gasteiger partial charge in [0, 0.05) is 43.8 Å². The molecule has 3 heterocycles. The summed E-state index contributed by atoms with van der Waals surface area (Å²) in [6.45, 7) is 3.76. The molecule has 8 rings (SSSR count). The maximum absolute atomic E-state index is 14.3. The molecular weight excluding hydrogens is 878 g/mol. The van der Waals surface area contributed by atoms with Crippen molar-refractivity contribution in [3.63, 3.8) is 0 Å². The van der Waals surface area contributed by atoms with E-state index >= 15 is 0 Å². The van der Waals surface area contributed by atoms with Gasteiger partial charge in [0.2, 0.25) is 11.8 Å². The van der Waals surface area contributed by atoms with Crippen molar-refractivity contribution in [2.45, 2.75) is 70.4 Å². The molecule has 6 aromatic rings. The third-order valence-electron chi connectivity index (χ3n) is 12.4. The molecule has 0 unspecified atom stereocenters. The van der Waals surface area contributed by atoms with Crippen molar-refractivity contribution < 1.29 is 32.3 Å². The monoisotopic (exact) mass is 934 g/mol. The van der Waals surface area contributed by atoms with Crippen LogP contribution in [0.3, 0.4) is 0 Å². The van der Waals surface area contributed by atoms with E-state index in [1.807, 2.05) is 84.9 Å². The Kier molecular flexibility index (Phi) is 15.8. The molecule has 0 spiro atoms. The predicted octanol–water partition coefficient (Wildman–Crippen LogP) is 11.1. The van der Waals surface area contributed by atoms with E-state index < -0.39 is 18.0 Å². The highest BCUT2D eigenvalue weighted by atomic mass is 35.5. The molecular formula is C51H57ClF2N8O5. The molecule has 2 saturated carbocycles. The summed E-state index contributed by atoms with van der Waals surface area (Å²) in [6.07, 6.45) is 9.46. The summed E-state index contributed by atoms with van der Waals surface area (Å²) in [5.74, 6) is 3.34. The number of carbonyl (C=O) groups is 2. The van der Waals surface area contributed by atoms with Crippen molar-refractivity contribution in [1.29, 1.82) is 0 Å². The summed E-state index contributed by atoms with van der Waals surface area (Å²) < 4.78 is 48.0. The first-order valence-corrected chi connectivity index (χ1v) is 23.5. The molecule has 0 saturated heterocycles. The molecule has 13 nitrogen and oxygen atoms in total. The summed E-state index contributed by atoms with van der Waals surface area (Å²) in [5.41, 5.74) is 2.04. The number of hydrogen-bond acceptors (Lipinski definition) is 10. The van der Waals surface area contributed by atoms with E-state index in [4.69, 9.17) is 25.5 Å². The van der Waals surface area contributed by atoms with Crippen LogP contribution in [-0.4, -0.2) is 82.7 Å². The molecule has 352 valence electrons. The molecule has 0 bridgehead atoms. The van der Waals surface area contributed by atoms with E-state index in [2.05, 4.69) is 32.3 Å². The first-order chi connectivity index (χ1) is 32.6. The van der Waals surface area contributed by atoms with Gasteiger partial charge in [0.05, 0.1) is 24.9 Å². The Morgan fingerprint density at radius 2 is 1.60 bits per heavy atom. The molecule has 1 N–H and O–H groups in total. The zero-order valence-electron chi connectivity index (χ0n) is 37.9. The van der Waals surface area contributed by atoms with Crippen LogP contribution in [0.2, 0.25) is 0 Å². The van der Waals surface area contributed by atoms with E-state index in [0.717, 1.165) is 75.2 Å². The lowest BCUT2D eigenvalue weighted by atomic mass is 9.86. The lowest BCUT2D eigenvalue weighted by Crippen LogP contribution is -2.31. The maximum atomic E-state index is 14.3. The SMILES string of the molecule is CN(CCCCOc1ccc(Oc2ccc(N(Cc3ccccc3)C(=O)CCl)cc2)cc1)C[C@H]1CC[C@H](n2cc(N(C)C(=O)c3coc(-c4ccnc(NCC5CC5)c4)n3)c(C(F)F)n2)CC1. The number of benzene rings is 3. The lowest BCUT2D eigenvalue weighted by molar-refractivity contribution is -0.116. The van der Waals surface area contributed by atoms with Gasteiger partial charge in [-0.25, -0.2) is 18.7 Å². The predicted molar refractivity (Wildman–Crippen MR) is 255 cm³/mol. The first kappa shape index (κ1) is 47.2. The Hall–Kier alpha value is -6.32. The number of unbranched alkanes of at least 4 members (excludes halogenated alkanes) is 1. The third-order valence-corrected chi connectivity index (χ3v) is 12.6. The number of aromatic nitrogens is 4. The maximum Gasteiger partial charge on any atom is 0.284 e. The van der Waals surface area contributed by atoms with E-state index in [-0.39, 0.29) is 35.1 Å². The lowest BCUT2D eigenvalue weighted by Gasteiger charge is -2.31. The molecule has 2 aliphatic rings. The zero-order valence-corrected chi connectivity index (χ0v) is 38.7. The fourth-order valence-electron chi connectivity index (χ4n) is 8.41. The number of hydrogen-bond donors (Lipinski definition) is 1. The van der Waals surface area contributed by atoms with Gasteiger partial charge >= 0.3 is 0 Å². The van der Waals surface area contributed by atoms with Crippen LogP contribution in [0.1, 0.15) is 85.6 Å². The third kappa shape index (κ3) is 12.8. The number of pyridine rings is 1. The van der Waals surface area contributed by atoms with Crippen LogP contribution in [0.4, 0.5) is 26.0 Å². The number of rotatable bonds is 22. The normalized spacial score (nSPS) is 16.0. The number of amides is 2. The molecule has 0 radical (unpaired) electrons. The highest BCUT2D eigenvalue weighted by molar-refractivity contribution is 6.29. The van der Waals surface area contributed by atoms with Gasteiger partial charge in [0.25, 0.3) is 12.3 Å². The van der Waals surface area contributed by atoms with Crippen molar-refractivity contribution >= 4 is 40.6 Å². The number of halogens is 3. The number of oxazole rings is 1. The van der Waals surface area contributed by atoms with Crippen molar-refractivity contribution in [1.82, 2.24) is 24.6 Å². The minimum atomic E-state index is -2.86. The van der Waals surface area contributed by atoms with Crippen molar-refractivity contribution in [2.75, 3.05) is 61.3 Å². The number of alkyl halides is 3. The largest absolute Gasteiger partial charge is 0.494 e. The quantitative estimate of drug-likeness (QED) is 0.0518.